The number of hydrogen-bond donors (Lipinski definition) is 2. The maximum atomic E-state index is 13.0. The lowest BCUT2D eigenvalue weighted by Crippen LogP contribution is -2.49. The van der Waals surface area contributed by atoms with Crippen LogP contribution in [0, 0.1) is 11.7 Å². The van der Waals surface area contributed by atoms with Crippen molar-refractivity contribution in [1.29, 1.82) is 0 Å². The Morgan fingerprint density at radius 3 is 2.50 bits per heavy atom. The Morgan fingerprint density at radius 2 is 1.81 bits per heavy atom. The van der Waals surface area contributed by atoms with Crippen molar-refractivity contribution in [1.82, 2.24) is 15.6 Å². The molecule has 0 aliphatic carbocycles. The fourth-order valence-corrected chi connectivity index (χ4v) is 3.16. The van der Waals surface area contributed by atoms with E-state index in [0.29, 0.717) is 22.2 Å². The van der Waals surface area contributed by atoms with Crippen LogP contribution in [0.3, 0.4) is 0 Å². The maximum Gasteiger partial charge on any atom is 0.253 e. The molecular formula is C24H23ClFN3O3. The van der Waals surface area contributed by atoms with Crippen molar-refractivity contribution in [3.63, 3.8) is 0 Å². The minimum atomic E-state index is -0.740. The van der Waals surface area contributed by atoms with Crippen molar-refractivity contribution < 1.29 is 18.7 Å². The molecule has 3 aromatic rings. The minimum absolute atomic E-state index is 0.142. The number of aromatic nitrogens is 1. The lowest BCUT2D eigenvalue weighted by molar-refractivity contribution is -0.124. The van der Waals surface area contributed by atoms with Gasteiger partial charge in [0.2, 0.25) is 11.8 Å². The zero-order chi connectivity index (χ0) is 23.1. The van der Waals surface area contributed by atoms with E-state index in [1.807, 2.05) is 13.8 Å². The summed E-state index contributed by atoms with van der Waals surface area (Å²) in [5, 5.41) is 5.90. The highest BCUT2D eigenvalue weighted by molar-refractivity contribution is 6.33. The molecule has 1 heterocycles. The van der Waals surface area contributed by atoms with E-state index >= 15 is 0 Å². The average Bonchev–Trinajstić information content (AvgIpc) is 2.77. The van der Waals surface area contributed by atoms with Crippen LogP contribution in [0.5, 0.6) is 11.6 Å². The summed E-state index contributed by atoms with van der Waals surface area (Å²) >= 11 is 6.09. The summed E-state index contributed by atoms with van der Waals surface area (Å²) in [6, 6.07) is 14.9. The Bertz CT molecular complexity index is 1090. The third-order valence-electron chi connectivity index (χ3n) is 4.66. The van der Waals surface area contributed by atoms with Crippen molar-refractivity contribution in [3.05, 3.63) is 88.8 Å². The minimum Gasteiger partial charge on any atom is -0.439 e. The first-order valence-corrected chi connectivity index (χ1v) is 10.4. The number of carbonyl (C=O) groups excluding carboxylic acids is 2. The zero-order valence-corrected chi connectivity index (χ0v) is 18.4. The molecule has 1 atom stereocenters. The van der Waals surface area contributed by atoms with Crippen LogP contribution in [0.15, 0.2) is 66.9 Å². The Hall–Kier alpha value is -3.45. The number of halogens is 2. The van der Waals surface area contributed by atoms with Gasteiger partial charge in [-0.15, -0.1) is 0 Å². The van der Waals surface area contributed by atoms with E-state index < -0.39 is 11.9 Å². The molecule has 1 aromatic heterocycles. The number of rotatable bonds is 8. The summed E-state index contributed by atoms with van der Waals surface area (Å²) in [6.45, 7) is 3.91. The van der Waals surface area contributed by atoms with Crippen molar-refractivity contribution in [3.8, 4) is 11.6 Å². The quantitative estimate of drug-likeness (QED) is 0.514. The first-order valence-electron chi connectivity index (χ1n) is 10.0. The number of carbonyl (C=O) groups is 2. The Balaban J connectivity index is 1.62. The van der Waals surface area contributed by atoms with E-state index in [1.54, 1.807) is 42.6 Å². The second kappa shape index (κ2) is 10.7. The smallest absolute Gasteiger partial charge is 0.253 e. The van der Waals surface area contributed by atoms with Crippen LogP contribution in [-0.2, 0) is 11.3 Å². The van der Waals surface area contributed by atoms with Gasteiger partial charge in [-0.3, -0.25) is 9.59 Å². The molecule has 0 fully saturated rings. The molecule has 2 aromatic carbocycles. The molecule has 0 aliphatic heterocycles. The number of pyridine rings is 1. The molecule has 0 aliphatic rings. The van der Waals surface area contributed by atoms with Gasteiger partial charge in [-0.25, -0.2) is 9.37 Å². The van der Waals surface area contributed by atoms with Crippen LogP contribution in [-0.4, -0.2) is 22.8 Å². The Labute approximate surface area is 190 Å². The first kappa shape index (κ1) is 23.2. The second-order valence-electron chi connectivity index (χ2n) is 7.45. The summed E-state index contributed by atoms with van der Waals surface area (Å²) < 4.78 is 18.7. The molecule has 0 saturated carbocycles. The summed E-state index contributed by atoms with van der Waals surface area (Å²) in [5.74, 6) is -0.473. The summed E-state index contributed by atoms with van der Waals surface area (Å²) in [6.07, 6.45) is 1.56. The highest BCUT2D eigenvalue weighted by Crippen LogP contribution is 2.20. The van der Waals surface area contributed by atoms with E-state index in [2.05, 4.69) is 15.6 Å². The predicted octanol–water partition coefficient (Wildman–Crippen LogP) is 4.74. The normalized spacial score (nSPS) is 11.7. The highest BCUT2D eigenvalue weighted by atomic mass is 35.5. The van der Waals surface area contributed by atoms with E-state index in [4.69, 9.17) is 16.3 Å². The van der Waals surface area contributed by atoms with Crippen LogP contribution < -0.4 is 15.4 Å². The molecule has 166 valence electrons. The Kier molecular flexibility index (Phi) is 7.78. The van der Waals surface area contributed by atoms with Gasteiger partial charge in [0.05, 0.1) is 10.6 Å². The molecule has 0 bridgehead atoms. The number of benzene rings is 2. The SMILES string of the molecule is CC(C)C(NC(=O)c1ccccc1Cl)C(=O)NCc1ccnc(Oc2ccc(F)cc2)c1. The van der Waals surface area contributed by atoms with Gasteiger partial charge in [0.15, 0.2) is 0 Å². The zero-order valence-electron chi connectivity index (χ0n) is 17.6. The van der Waals surface area contributed by atoms with E-state index in [-0.39, 0.29) is 24.2 Å². The van der Waals surface area contributed by atoms with Crippen molar-refractivity contribution in [2.75, 3.05) is 0 Å². The van der Waals surface area contributed by atoms with Gasteiger partial charge in [0, 0.05) is 18.8 Å². The molecule has 2 amide bonds. The summed E-state index contributed by atoms with van der Waals surface area (Å²) in [4.78, 5) is 29.5. The predicted molar refractivity (Wildman–Crippen MR) is 120 cm³/mol. The van der Waals surface area contributed by atoms with Gasteiger partial charge in [0.25, 0.3) is 5.91 Å². The molecule has 1 unspecified atom stereocenters. The van der Waals surface area contributed by atoms with Crippen LogP contribution in [0.2, 0.25) is 5.02 Å². The number of nitrogens with one attached hydrogen (secondary N) is 2. The average molecular weight is 456 g/mol. The Morgan fingerprint density at radius 1 is 1.09 bits per heavy atom. The number of amides is 2. The molecule has 32 heavy (non-hydrogen) atoms. The van der Waals surface area contributed by atoms with Gasteiger partial charge < -0.3 is 15.4 Å². The number of nitrogens with zero attached hydrogens (tertiary/aromatic N) is 1. The van der Waals surface area contributed by atoms with Gasteiger partial charge >= 0.3 is 0 Å². The van der Waals surface area contributed by atoms with Gasteiger partial charge in [-0.2, -0.15) is 0 Å². The van der Waals surface area contributed by atoms with Crippen LogP contribution in [0.1, 0.15) is 29.8 Å². The first-order chi connectivity index (χ1) is 15.3. The molecule has 3 rings (SSSR count). The molecule has 0 spiro atoms. The standard InChI is InChI=1S/C24H23ClFN3O3/c1-15(2)22(29-23(30)19-5-3-4-6-20(19)25)24(31)28-14-16-11-12-27-21(13-16)32-18-9-7-17(26)8-10-18/h3-13,15,22H,14H2,1-2H3,(H,28,31)(H,29,30). The van der Waals surface area contributed by atoms with Crippen molar-refractivity contribution in [2.24, 2.45) is 5.92 Å². The topological polar surface area (TPSA) is 80.3 Å². The second-order valence-corrected chi connectivity index (χ2v) is 7.86. The van der Waals surface area contributed by atoms with Crippen molar-refractivity contribution in [2.45, 2.75) is 26.4 Å². The van der Waals surface area contributed by atoms with E-state index in [9.17, 15) is 14.0 Å². The summed E-state index contributed by atoms with van der Waals surface area (Å²) in [5.41, 5.74) is 1.06. The molecule has 6 nitrogen and oxygen atoms in total. The summed E-state index contributed by atoms with van der Waals surface area (Å²) in [7, 11) is 0. The van der Waals surface area contributed by atoms with Crippen LogP contribution in [0.4, 0.5) is 4.39 Å². The lowest BCUT2D eigenvalue weighted by atomic mass is 10.0. The van der Waals surface area contributed by atoms with Crippen LogP contribution >= 0.6 is 11.6 Å². The molecular weight excluding hydrogens is 433 g/mol. The number of ether oxygens (including phenoxy) is 1. The fraction of sp³-hybridized carbons (Fsp3) is 0.208. The fourth-order valence-electron chi connectivity index (χ4n) is 2.94. The third-order valence-corrected chi connectivity index (χ3v) is 4.99. The molecule has 0 saturated heterocycles. The monoisotopic (exact) mass is 455 g/mol. The third kappa shape index (κ3) is 6.28. The molecule has 2 N–H and O–H groups in total. The van der Waals surface area contributed by atoms with E-state index in [0.717, 1.165) is 5.56 Å². The maximum absolute atomic E-state index is 13.0. The molecule has 0 radical (unpaired) electrons. The lowest BCUT2D eigenvalue weighted by Gasteiger charge is -2.22. The number of hydrogen-bond acceptors (Lipinski definition) is 4. The van der Waals surface area contributed by atoms with Crippen molar-refractivity contribution >= 4 is 23.4 Å². The highest BCUT2D eigenvalue weighted by Gasteiger charge is 2.25. The van der Waals surface area contributed by atoms with Gasteiger partial charge in [0.1, 0.15) is 17.6 Å². The van der Waals surface area contributed by atoms with Crippen LogP contribution in [0.25, 0.3) is 0 Å². The van der Waals surface area contributed by atoms with Gasteiger partial charge in [-0.1, -0.05) is 37.6 Å². The van der Waals surface area contributed by atoms with Gasteiger partial charge in [-0.05, 0) is 53.9 Å². The largest absolute Gasteiger partial charge is 0.439 e. The van der Waals surface area contributed by atoms with E-state index in [1.165, 1.54) is 24.3 Å². The molecule has 8 heteroatoms.